The fraction of sp³-hybridized carbons (Fsp3) is 0.357. The van der Waals surface area contributed by atoms with Gasteiger partial charge in [0.25, 0.3) is 5.91 Å². The molecule has 122 valence electrons. The summed E-state index contributed by atoms with van der Waals surface area (Å²) in [5.41, 5.74) is 0.444. The standard InChI is InChI=1S/C14H18N6O3/c1-3-20-12(17-18-19-20)9-23-11-6-4-10(5-7-11)14(22)16-8-13(21)15-2/h4-7H,3,8-9H2,1-2H3,(H,15,21)(H,16,22). The van der Waals surface area contributed by atoms with Crippen LogP contribution in [0.4, 0.5) is 0 Å². The molecule has 0 aliphatic heterocycles. The van der Waals surface area contributed by atoms with E-state index >= 15 is 0 Å². The average Bonchev–Trinajstić information content (AvgIpc) is 3.05. The maximum absolute atomic E-state index is 11.8. The van der Waals surface area contributed by atoms with Crippen molar-refractivity contribution < 1.29 is 14.3 Å². The van der Waals surface area contributed by atoms with Gasteiger partial charge in [-0.05, 0) is 41.6 Å². The minimum Gasteiger partial charge on any atom is -0.486 e. The van der Waals surface area contributed by atoms with E-state index in [0.29, 0.717) is 23.7 Å². The van der Waals surface area contributed by atoms with Crippen molar-refractivity contribution in [3.8, 4) is 5.75 Å². The topological polar surface area (TPSA) is 111 Å². The second kappa shape index (κ2) is 7.87. The number of benzene rings is 1. The fourth-order valence-corrected chi connectivity index (χ4v) is 1.77. The monoisotopic (exact) mass is 318 g/mol. The van der Waals surface area contributed by atoms with E-state index in [1.165, 1.54) is 7.05 Å². The van der Waals surface area contributed by atoms with E-state index in [-0.39, 0.29) is 25.0 Å². The molecule has 0 unspecified atom stereocenters. The second-order valence-corrected chi connectivity index (χ2v) is 4.58. The Morgan fingerprint density at radius 2 is 2.00 bits per heavy atom. The summed E-state index contributed by atoms with van der Waals surface area (Å²) in [6, 6.07) is 6.60. The normalized spacial score (nSPS) is 10.2. The van der Waals surface area contributed by atoms with Crippen LogP contribution in [-0.2, 0) is 17.9 Å². The fourth-order valence-electron chi connectivity index (χ4n) is 1.77. The summed E-state index contributed by atoms with van der Waals surface area (Å²) in [5.74, 6) is 0.639. The van der Waals surface area contributed by atoms with Gasteiger partial charge in [0.05, 0.1) is 6.54 Å². The lowest BCUT2D eigenvalue weighted by Crippen LogP contribution is -2.35. The Labute approximate surface area is 133 Å². The molecule has 2 amide bonds. The van der Waals surface area contributed by atoms with Crippen LogP contribution < -0.4 is 15.4 Å². The first-order valence-corrected chi connectivity index (χ1v) is 7.10. The summed E-state index contributed by atoms with van der Waals surface area (Å²) in [4.78, 5) is 22.9. The number of amides is 2. The summed E-state index contributed by atoms with van der Waals surface area (Å²) in [6.07, 6.45) is 0. The Hall–Kier alpha value is -2.97. The SMILES string of the molecule is CCn1nnnc1COc1ccc(C(=O)NCC(=O)NC)cc1. The predicted octanol–water partition coefficient (Wildman–Crippen LogP) is -0.252. The van der Waals surface area contributed by atoms with Crippen LogP contribution in [0.3, 0.4) is 0 Å². The average molecular weight is 318 g/mol. The molecule has 2 N–H and O–H groups in total. The van der Waals surface area contributed by atoms with E-state index in [0.717, 1.165) is 0 Å². The second-order valence-electron chi connectivity index (χ2n) is 4.58. The molecule has 1 aromatic carbocycles. The molecule has 9 heteroatoms. The number of aryl methyl sites for hydroxylation is 1. The highest BCUT2D eigenvalue weighted by molar-refractivity contribution is 5.96. The number of ether oxygens (including phenoxy) is 1. The first-order chi connectivity index (χ1) is 11.1. The van der Waals surface area contributed by atoms with Crippen LogP contribution in [0.2, 0.25) is 0 Å². The number of nitrogens with zero attached hydrogens (tertiary/aromatic N) is 4. The smallest absolute Gasteiger partial charge is 0.251 e. The quantitative estimate of drug-likeness (QED) is 0.728. The van der Waals surface area contributed by atoms with Gasteiger partial charge in [-0.2, -0.15) is 0 Å². The van der Waals surface area contributed by atoms with Gasteiger partial charge in [-0.15, -0.1) is 5.10 Å². The van der Waals surface area contributed by atoms with Gasteiger partial charge in [-0.1, -0.05) is 0 Å². The molecular formula is C14H18N6O3. The van der Waals surface area contributed by atoms with Crippen molar-refractivity contribution in [1.82, 2.24) is 30.8 Å². The van der Waals surface area contributed by atoms with Gasteiger partial charge in [0.2, 0.25) is 5.91 Å². The maximum Gasteiger partial charge on any atom is 0.251 e. The molecule has 2 aromatic rings. The number of aromatic nitrogens is 4. The Kier molecular flexibility index (Phi) is 5.61. The van der Waals surface area contributed by atoms with Gasteiger partial charge < -0.3 is 15.4 Å². The molecule has 1 heterocycles. The van der Waals surface area contributed by atoms with Gasteiger partial charge in [-0.25, -0.2) is 4.68 Å². The third-order valence-corrected chi connectivity index (χ3v) is 3.08. The molecule has 9 nitrogen and oxygen atoms in total. The van der Waals surface area contributed by atoms with Crippen molar-refractivity contribution in [2.45, 2.75) is 20.1 Å². The van der Waals surface area contributed by atoms with Gasteiger partial charge in [-0.3, -0.25) is 9.59 Å². The molecule has 0 atom stereocenters. The summed E-state index contributed by atoms with van der Waals surface area (Å²) in [7, 11) is 1.51. The lowest BCUT2D eigenvalue weighted by molar-refractivity contribution is -0.119. The molecule has 0 radical (unpaired) electrons. The third kappa shape index (κ3) is 4.50. The van der Waals surface area contributed by atoms with E-state index in [1.807, 2.05) is 6.92 Å². The van der Waals surface area contributed by atoms with Crippen LogP contribution in [0, 0.1) is 0 Å². The van der Waals surface area contributed by atoms with Crippen LogP contribution in [0.25, 0.3) is 0 Å². The predicted molar refractivity (Wildman–Crippen MR) is 80.7 cm³/mol. The van der Waals surface area contributed by atoms with Gasteiger partial charge >= 0.3 is 0 Å². The Morgan fingerprint density at radius 3 is 2.65 bits per heavy atom. The number of carbonyl (C=O) groups is 2. The molecule has 0 aliphatic rings. The number of nitrogens with one attached hydrogen (secondary N) is 2. The highest BCUT2D eigenvalue weighted by Gasteiger charge is 2.08. The number of rotatable bonds is 7. The maximum atomic E-state index is 11.8. The minimum atomic E-state index is -0.324. The summed E-state index contributed by atoms with van der Waals surface area (Å²) in [5, 5.41) is 16.2. The molecule has 23 heavy (non-hydrogen) atoms. The summed E-state index contributed by atoms with van der Waals surface area (Å²) >= 11 is 0. The molecule has 0 bridgehead atoms. The van der Waals surface area contributed by atoms with E-state index < -0.39 is 0 Å². The Morgan fingerprint density at radius 1 is 1.26 bits per heavy atom. The largest absolute Gasteiger partial charge is 0.486 e. The van der Waals surface area contributed by atoms with Crippen LogP contribution in [0.5, 0.6) is 5.75 Å². The van der Waals surface area contributed by atoms with Crippen LogP contribution in [0.15, 0.2) is 24.3 Å². The van der Waals surface area contributed by atoms with Gasteiger partial charge in [0, 0.05) is 19.2 Å². The summed E-state index contributed by atoms with van der Waals surface area (Å²) in [6.45, 7) is 2.78. The number of likely N-dealkylation sites (N-methyl/N-ethyl adjacent to an activating group) is 1. The number of tetrazole rings is 1. The number of hydrogen-bond donors (Lipinski definition) is 2. The molecule has 0 saturated heterocycles. The zero-order valence-corrected chi connectivity index (χ0v) is 12.9. The zero-order valence-electron chi connectivity index (χ0n) is 12.9. The summed E-state index contributed by atoms with van der Waals surface area (Å²) < 4.78 is 7.22. The van der Waals surface area contributed by atoms with Crippen molar-refractivity contribution >= 4 is 11.8 Å². The van der Waals surface area contributed by atoms with E-state index in [4.69, 9.17) is 4.74 Å². The van der Waals surface area contributed by atoms with E-state index in [1.54, 1.807) is 28.9 Å². The van der Waals surface area contributed by atoms with Crippen LogP contribution >= 0.6 is 0 Å². The number of carbonyl (C=O) groups excluding carboxylic acids is 2. The molecule has 0 saturated carbocycles. The molecule has 0 spiro atoms. The Balaban J connectivity index is 1.89. The van der Waals surface area contributed by atoms with Crippen LogP contribution in [-0.4, -0.2) is 45.6 Å². The minimum absolute atomic E-state index is 0.0622. The Bertz CT molecular complexity index is 667. The first-order valence-electron chi connectivity index (χ1n) is 7.10. The lowest BCUT2D eigenvalue weighted by Gasteiger charge is -2.07. The van der Waals surface area contributed by atoms with Crippen molar-refractivity contribution in [2.75, 3.05) is 13.6 Å². The zero-order chi connectivity index (χ0) is 16.7. The molecule has 1 aromatic heterocycles. The van der Waals surface area contributed by atoms with Gasteiger partial charge in [0.1, 0.15) is 12.4 Å². The van der Waals surface area contributed by atoms with Crippen molar-refractivity contribution in [1.29, 1.82) is 0 Å². The van der Waals surface area contributed by atoms with Crippen molar-refractivity contribution in [3.05, 3.63) is 35.7 Å². The van der Waals surface area contributed by atoms with Gasteiger partial charge in [0.15, 0.2) is 5.82 Å². The highest BCUT2D eigenvalue weighted by atomic mass is 16.5. The van der Waals surface area contributed by atoms with E-state index in [2.05, 4.69) is 26.2 Å². The highest BCUT2D eigenvalue weighted by Crippen LogP contribution is 2.13. The van der Waals surface area contributed by atoms with E-state index in [9.17, 15) is 9.59 Å². The lowest BCUT2D eigenvalue weighted by atomic mass is 10.2. The first kappa shape index (κ1) is 16.4. The van der Waals surface area contributed by atoms with Crippen molar-refractivity contribution in [3.63, 3.8) is 0 Å². The molecular weight excluding hydrogens is 300 g/mol. The van der Waals surface area contributed by atoms with Crippen LogP contribution in [0.1, 0.15) is 23.1 Å². The molecule has 0 fully saturated rings. The van der Waals surface area contributed by atoms with Crippen molar-refractivity contribution in [2.24, 2.45) is 0 Å². The molecule has 2 rings (SSSR count). The number of hydrogen-bond acceptors (Lipinski definition) is 6. The third-order valence-electron chi connectivity index (χ3n) is 3.08. The molecule has 0 aliphatic carbocycles.